The van der Waals surface area contributed by atoms with Crippen LogP contribution in [0.25, 0.3) is 0 Å². The minimum Gasteiger partial charge on any atom is -0.484 e. The maximum absolute atomic E-state index is 12.7. The van der Waals surface area contributed by atoms with Crippen molar-refractivity contribution in [2.24, 2.45) is 0 Å². The number of hydrogen-bond acceptors (Lipinski definition) is 3. The van der Waals surface area contributed by atoms with Crippen molar-refractivity contribution < 1.29 is 23.1 Å². The Hall–Kier alpha value is -2.18. The standard InChI is InChI=1S/C21H30F2N2O3/c1-4-12-24(13-19(22)23)21(27)17-8-10-18(11-9-17)28-14-20(26)25-15(2)6-5-7-16(25)3/h8-11,15-16,19H,4-7,12-14H2,1-3H3. The number of rotatable bonds is 8. The zero-order valence-electron chi connectivity index (χ0n) is 16.9. The lowest BCUT2D eigenvalue weighted by Gasteiger charge is -2.38. The van der Waals surface area contributed by atoms with Gasteiger partial charge in [0.1, 0.15) is 5.75 Å². The van der Waals surface area contributed by atoms with E-state index in [-0.39, 0.29) is 31.1 Å². The van der Waals surface area contributed by atoms with Gasteiger partial charge in [0.25, 0.3) is 18.2 Å². The molecule has 0 N–H and O–H groups in total. The molecule has 2 rings (SSSR count). The highest BCUT2D eigenvalue weighted by Crippen LogP contribution is 2.23. The average Bonchev–Trinajstić information content (AvgIpc) is 2.65. The summed E-state index contributed by atoms with van der Waals surface area (Å²) in [4.78, 5) is 28.0. The number of piperidine rings is 1. The van der Waals surface area contributed by atoms with Gasteiger partial charge in [0.2, 0.25) is 0 Å². The normalized spacial score (nSPS) is 19.6. The summed E-state index contributed by atoms with van der Waals surface area (Å²) < 4.78 is 31.0. The highest BCUT2D eigenvalue weighted by Gasteiger charge is 2.29. The Bertz CT molecular complexity index is 642. The quantitative estimate of drug-likeness (QED) is 0.668. The number of alkyl halides is 2. The van der Waals surface area contributed by atoms with Crippen molar-refractivity contribution in [1.29, 1.82) is 0 Å². The predicted octanol–water partition coefficient (Wildman–Crippen LogP) is 3.97. The fourth-order valence-electron chi connectivity index (χ4n) is 3.72. The van der Waals surface area contributed by atoms with Crippen LogP contribution in [0.2, 0.25) is 0 Å². The number of ether oxygens (including phenoxy) is 1. The Morgan fingerprint density at radius 2 is 1.79 bits per heavy atom. The van der Waals surface area contributed by atoms with Crippen molar-refractivity contribution in [2.75, 3.05) is 19.7 Å². The fourth-order valence-corrected chi connectivity index (χ4v) is 3.72. The lowest BCUT2D eigenvalue weighted by atomic mass is 9.97. The third kappa shape index (κ3) is 5.91. The number of benzene rings is 1. The predicted molar refractivity (Wildman–Crippen MR) is 104 cm³/mol. The molecular formula is C21H30F2N2O3. The van der Waals surface area contributed by atoms with Crippen LogP contribution >= 0.6 is 0 Å². The maximum Gasteiger partial charge on any atom is 0.260 e. The summed E-state index contributed by atoms with van der Waals surface area (Å²) in [6.45, 7) is 5.58. The molecule has 1 aromatic carbocycles. The van der Waals surface area contributed by atoms with E-state index in [9.17, 15) is 18.4 Å². The van der Waals surface area contributed by atoms with Gasteiger partial charge >= 0.3 is 0 Å². The van der Waals surface area contributed by atoms with Crippen LogP contribution in [0.3, 0.4) is 0 Å². The molecule has 1 aliphatic heterocycles. The van der Waals surface area contributed by atoms with E-state index in [1.807, 2.05) is 11.8 Å². The second-order valence-electron chi connectivity index (χ2n) is 7.39. The Morgan fingerprint density at radius 1 is 1.18 bits per heavy atom. The molecule has 2 unspecified atom stereocenters. The zero-order chi connectivity index (χ0) is 20.7. The minimum absolute atomic E-state index is 0.0501. The second-order valence-corrected chi connectivity index (χ2v) is 7.39. The molecule has 1 fully saturated rings. The van der Waals surface area contributed by atoms with E-state index < -0.39 is 18.9 Å². The molecule has 0 radical (unpaired) electrons. The molecule has 2 atom stereocenters. The summed E-state index contributed by atoms with van der Waals surface area (Å²) >= 11 is 0. The van der Waals surface area contributed by atoms with Gasteiger partial charge in [0.05, 0.1) is 6.54 Å². The fraction of sp³-hybridized carbons (Fsp3) is 0.619. The molecule has 2 amide bonds. The van der Waals surface area contributed by atoms with Crippen molar-refractivity contribution in [1.82, 2.24) is 9.80 Å². The smallest absolute Gasteiger partial charge is 0.260 e. The molecule has 5 nitrogen and oxygen atoms in total. The van der Waals surface area contributed by atoms with Gasteiger partial charge in [0, 0.05) is 24.2 Å². The third-order valence-electron chi connectivity index (χ3n) is 5.08. The van der Waals surface area contributed by atoms with Gasteiger partial charge in [-0.1, -0.05) is 6.92 Å². The first-order valence-electron chi connectivity index (χ1n) is 9.95. The number of carbonyl (C=O) groups is 2. The average molecular weight is 396 g/mol. The number of carbonyl (C=O) groups excluding carboxylic acids is 2. The molecule has 1 saturated heterocycles. The highest BCUT2D eigenvalue weighted by atomic mass is 19.3. The number of hydrogen-bond donors (Lipinski definition) is 0. The molecule has 156 valence electrons. The Morgan fingerprint density at radius 3 is 2.32 bits per heavy atom. The molecule has 7 heteroatoms. The summed E-state index contributed by atoms with van der Waals surface area (Å²) in [5.74, 6) is -0.00948. The first kappa shape index (κ1) is 22.1. The SMILES string of the molecule is CCCN(CC(F)F)C(=O)c1ccc(OCC(=O)N2C(C)CCCC2C)cc1. The van der Waals surface area contributed by atoms with E-state index in [2.05, 4.69) is 13.8 Å². The van der Waals surface area contributed by atoms with E-state index in [4.69, 9.17) is 4.74 Å². The Balaban J connectivity index is 1.94. The van der Waals surface area contributed by atoms with Crippen LogP contribution in [0.15, 0.2) is 24.3 Å². The number of nitrogens with zero attached hydrogens (tertiary/aromatic N) is 2. The lowest BCUT2D eigenvalue weighted by molar-refractivity contribution is -0.139. The van der Waals surface area contributed by atoms with Crippen molar-refractivity contribution in [3.05, 3.63) is 29.8 Å². The first-order chi connectivity index (χ1) is 13.3. The van der Waals surface area contributed by atoms with Crippen LogP contribution in [0.4, 0.5) is 8.78 Å². The van der Waals surface area contributed by atoms with E-state index in [1.165, 1.54) is 0 Å². The summed E-state index contributed by atoms with van der Waals surface area (Å²) in [5, 5.41) is 0. The van der Waals surface area contributed by atoms with Gasteiger partial charge in [-0.2, -0.15) is 0 Å². The molecule has 1 aromatic rings. The van der Waals surface area contributed by atoms with Crippen LogP contribution in [-0.4, -0.2) is 59.8 Å². The van der Waals surface area contributed by atoms with E-state index in [0.29, 0.717) is 17.7 Å². The van der Waals surface area contributed by atoms with Gasteiger partial charge < -0.3 is 14.5 Å². The maximum atomic E-state index is 12.7. The molecule has 1 heterocycles. The van der Waals surface area contributed by atoms with Crippen molar-refractivity contribution >= 4 is 11.8 Å². The first-order valence-corrected chi connectivity index (χ1v) is 9.95. The molecule has 0 spiro atoms. The van der Waals surface area contributed by atoms with Crippen molar-refractivity contribution in [3.8, 4) is 5.75 Å². The monoisotopic (exact) mass is 396 g/mol. The van der Waals surface area contributed by atoms with Crippen LogP contribution in [0.5, 0.6) is 5.75 Å². The third-order valence-corrected chi connectivity index (χ3v) is 5.08. The molecule has 0 bridgehead atoms. The van der Waals surface area contributed by atoms with Crippen molar-refractivity contribution in [2.45, 2.75) is 65.0 Å². The Labute approximate surface area is 165 Å². The van der Waals surface area contributed by atoms with Gasteiger partial charge in [-0.25, -0.2) is 8.78 Å². The summed E-state index contributed by atoms with van der Waals surface area (Å²) in [7, 11) is 0. The molecular weight excluding hydrogens is 366 g/mol. The van der Waals surface area contributed by atoms with Gasteiger partial charge in [-0.15, -0.1) is 0 Å². The molecule has 0 saturated carbocycles. The van der Waals surface area contributed by atoms with E-state index in [0.717, 1.165) is 24.2 Å². The largest absolute Gasteiger partial charge is 0.484 e. The molecule has 0 aliphatic carbocycles. The van der Waals surface area contributed by atoms with Gasteiger partial charge in [0.15, 0.2) is 6.61 Å². The molecule has 28 heavy (non-hydrogen) atoms. The van der Waals surface area contributed by atoms with E-state index in [1.54, 1.807) is 24.3 Å². The summed E-state index contributed by atoms with van der Waals surface area (Å²) in [5.41, 5.74) is 0.325. The topological polar surface area (TPSA) is 49.9 Å². The molecule has 0 aromatic heterocycles. The van der Waals surface area contributed by atoms with Crippen LogP contribution in [-0.2, 0) is 4.79 Å². The second kappa shape index (κ2) is 10.4. The Kier molecular flexibility index (Phi) is 8.20. The van der Waals surface area contributed by atoms with Crippen LogP contribution < -0.4 is 4.74 Å². The summed E-state index contributed by atoms with van der Waals surface area (Å²) in [6, 6.07) is 6.69. The van der Waals surface area contributed by atoms with Crippen LogP contribution in [0, 0.1) is 0 Å². The zero-order valence-corrected chi connectivity index (χ0v) is 16.9. The van der Waals surface area contributed by atoms with Crippen molar-refractivity contribution in [3.63, 3.8) is 0 Å². The minimum atomic E-state index is -2.57. The summed E-state index contributed by atoms with van der Waals surface area (Å²) in [6.07, 6.45) is 1.17. The van der Waals surface area contributed by atoms with Gasteiger partial charge in [-0.05, 0) is 63.8 Å². The number of likely N-dealkylation sites (tertiary alicyclic amines) is 1. The number of amides is 2. The van der Waals surface area contributed by atoms with Gasteiger partial charge in [-0.3, -0.25) is 9.59 Å². The van der Waals surface area contributed by atoms with Crippen LogP contribution in [0.1, 0.15) is 56.8 Å². The lowest BCUT2D eigenvalue weighted by Crippen LogP contribution is -2.49. The highest BCUT2D eigenvalue weighted by molar-refractivity contribution is 5.94. The molecule has 1 aliphatic rings. The number of halogens is 2. The van der Waals surface area contributed by atoms with E-state index >= 15 is 0 Å².